The Bertz CT molecular complexity index is 550. The van der Waals surface area contributed by atoms with Crippen molar-refractivity contribution in [3.8, 4) is 11.5 Å². The first kappa shape index (κ1) is 13.3. The zero-order chi connectivity index (χ0) is 13.7. The molecular formula is C14H16N2O3. The summed E-state index contributed by atoms with van der Waals surface area (Å²) in [5.41, 5.74) is 1.89. The Kier molecular flexibility index (Phi) is 4.30. The molecule has 0 aromatic carbocycles. The molecule has 0 aliphatic heterocycles. The number of rotatable bonds is 5. The van der Waals surface area contributed by atoms with Crippen molar-refractivity contribution in [3.63, 3.8) is 0 Å². The van der Waals surface area contributed by atoms with Crippen molar-refractivity contribution < 1.29 is 14.3 Å². The molecule has 0 saturated heterocycles. The van der Waals surface area contributed by atoms with Crippen molar-refractivity contribution in [2.24, 2.45) is 0 Å². The van der Waals surface area contributed by atoms with Crippen molar-refractivity contribution in [1.29, 1.82) is 0 Å². The topological polar surface area (TPSA) is 75.4 Å². The lowest BCUT2D eigenvalue weighted by molar-refractivity contribution is 0.0950. The number of nitrogens with one attached hydrogen (secondary N) is 1. The van der Waals surface area contributed by atoms with Crippen LogP contribution in [0.15, 0.2) is 34.9 Å². The number of carbonyl (C=O) groups excluding carboxylic acids is 1. The number of carbonyl (C=O) groups is 1. The summed E-state index contributed by atoms with van der Waals surface area (Å²) in [6.07, 6.45) is 2.13. The molecule has 2 N–H and O–H groups in total. The molecule has 2 aromatic rings. The molecule has 1 amide bonds. The van der Waals surface area contributed by atoms with E-state index in [0.717, 1.165) is 0 Å². The fourth-order valence-corrected chi connectivity index (χ4v) is 1.74. The smallest absolute Gasteiger partial charge is 0.253 e. The fourth-order valence-electron chi connectivity index (χ4n) is 1.74. The lowest BCUT2D eigenvalue weighted by atomic mass is 10.1. The van der Waals surface area contributed by atoms with E-state index < -0.39 is 0 Å². The molecule has 0 bridgehead atoms. The van der Waals surface area contributed by atoms with Gasteiger partial charge in [-0.1, -0.05) is 0 Å². The largest absolute Gasteiger partial charge is 0.463 e. The van der Waals surface area contributed by atoms with Crippen LogP contribution in [-0.4, -0.2) is 29.1 Å². The number of amides is 1. The van der Waals surface area contributed by atoms with Crippen LogP contribution in [0.4, 0.5) is 0 Å². The van der Waals surface area contributed by atoms with Crippen LogP contribution >= 0.6 is 0 Å². The van der Waals surface area contributed by atoms with Crippen LogP contribution < -0.4 is 5.32 Å². The van der Waals surface area contributed by atoms with Crippen molar-refractivity contribution in [2.75, 3.05) is 13.2 Å². The summed E-state index contributed by atoms with van der Waals surface area (Å²) >= 11 is 0. The zero-order valence-corrected chi connectivity index (χ0v) is 10.7. The van der Waals surface area contributed by atoms with Crippen LogP contribution in [-0.2, 0) is 0 Å². The molecule has 19 heavy (non-hydrogen) atoms. The fraction of sp³-hybridized carbons (Fsp3) is 0.286. The maximum absolute atomic E-state index is 11.9. The van der Waals surface area contributed by atoms with Crippen LogP contribution in [0.25, 0.3) is 11.5 Å². The van der Waals surface area contributed by atoms with Gasteiger partial charge in [-0.3, -0.25) is 4.79 Å². The van der Waals surface area contributed by atoms with E-state index in [-0.39, 0.29) is 12.5 Å². The molecule has 0 unspecified atom stereocenters. The lowest BCUT2D eigenvalue weighted by Gasteiger charge is -2.07. The molecule has 100 valence electrons. The Hall–Kier alpha value is -2.14. The van der Waals surface area contributed by atoms with Gasteiger partial charge in [0.1, 0.15) is 5.69 Å². The highest BCUT2D eigenvalue weighted by molar-refractivity contribution is 5.95. The van der Waals surface area contributed by atoms with Gasteiger partial charge in [-0.15, -0.1) is 0 Å². The highest BCUT2D eigenvalue weighted by Gasteiger charge is 2.11. The third-order valence-electron chi connectivity index (χ3n) is 2.72. The summed E-state index contributed by atoms with van der Waals surface area (Å²) in [6, 6.07) is 7.10. The number of aryl methyl sites for hydroxylation is 1. The molecule has 0 saturated carbocycles. The van der Waals surface area contributed by atoms with E-state index in [9.17, 15) is 4.79 Å². The molecule has 0 radical (unpaired) electrons. The minimum Gasteiger partial charge on any atom is -0.463 e. The molecule has 0 spiro atoms. The standard InChI is InChI=1S/C14H16N2O3/c1-10-11(14(18)15-7-3-8-17)5-6-12(16-10)13-4-2-9-19-13/h2,4-6,9,17H,3,7-8H2,1H3,(H,15,18). The Balaban J connectivity index is 2.13. The van der Waals surface area contributed by atoms with Gasteiger partial charge in [0.25, 0.3) is 5.91 Å². The molecule has 5 heteroatoms. The molecular weight excluding hydrogens is 244 g/mol. The second kappa shape index (κ2) is 6.15. The van der Waals surface area contributed by atoms with Crippen molar-refractivity contribution in [3.05, 3.63) is 41.8 Å². The molecule has 0 aliphatic carbocycles. The van der Waals surface area contributed by atoms with Crippen LogP contribution in [0.2, 0.25) is 0 Å². The number of aromatic nitrogens is 1. The van der Waals surface area contributed by atoms with Gasteiger partial charge >= 0.3 is 0 Å². The van der Waals surface area contributed by atoms with E-state index in [4.69, 9.17) is 9.52 Å². The Morgan fingerprint density at radius 3 is 2.89 bits per heavy atom. The summed E-state index contributed by atoms with van der Waals surface area (Å²) in [4.78, 5) is 16.2. The monoisotopic (exact) mass is 260 g/mol. The molecule has 2 rings (SSSR count). The number of nitrogens with zero attached hydrogens (tertiary/aromatic N) is 1. The number of pyridine rings is 1. The second-order valence-corrected chi connectivity index (χ2v) is 4.14. The molecule has 0 atom stereocenters. The number of furan rings is 1. The van der Waals surface area contributed by atoms with Gasteiger partial charge in [-0.2, -0.15) is 0 Å². The number of hydrogen-bond donors (Lipinski definition) is 2. The number of aliphatic hydroxyl groups excluding tert-OH is 1. The van der Waals surface area contributed by atoms with Crippen molar-refractivity contribution >= 4 is 5.91 Å². The van der Waals surface area contributed by atoms with Gasteiger partial charge in [-0.05, 0) is 37.6 Å². The predicted molar refractivity (Wildman–Crippen MR) is 70.7 cm³/mol. The molecule has 0 aliphatic rings. The van der Waals surface area contributed by atoms with Gasteiger partial charge in [0, 0.05) is 13.2 Å². The van der Waals surface area contributed by atoms with E-state index in [1.165, 1.54) is 0 Å². The molecule has 5 nitrogen and oxygen atoms in total. The molecule has 2 aromatic heterocycles. The maximum atomic E-state index is 11.9. The quantitative estimate of drug-likeness (QED) is 0.803. The SMILES string of the molecule is Cc1nc(-c2ccco2)ccc1C(=O)NCCCO. The minimum atomic E-state index is -0.176. The van der Waals surface area contributed by atoms with E-state index in [0.29, 0.717) is 35.7 Å². The van der Waals surface area contributed by atoms with Gasteiger partial charge in [0.2, 0.25) is 0 Å². The van der Waals surface area contributed by atoms with Crippen LogP contribution in [0.5, 0.6) is 0 Å². The lowest BCUT2D eigenvalue weighted by Crippen LogP contribution is -2.26. The summed E-state index contributed by atoms with van der Waals surface area (Å²) in [7, 11) is 0. The minimum absolute atomic E-state index is 0.0644. The summed E-state index contributed by atoms with van der Waals surface area (Å²) in [5, 5.41) is 11.4. The van der Waals surface area contributed by atoms with Gasteiger partial charge < -0.3 is 14.8 Å². The van der Waals surface area contributed by atoms with Crippen molar-refractivity contribution in [1.82, 2.24) is 10.3 Å². The predicted octanol–water partition coefficient (Wildman–Crippen LogP) is 1.76. The van der Waals surface area contributed by atoms with E-state index in [1.807, 2.05) is 6.07 Å². The Labute approximate surface area is 111 Å². The van der Waals surface area contributed by atoms with Gasteiger partial charge in [0.15, 0.2) is 5.76 Å². The number of hydrogen-bond acceptors (Lipinski definition) is 4. The highest BCUT2D eigenvalue weighted by atomic mass is 16.3. The second-order valence-electron chi connectivity index (χ2n) is 4.14. The summed E-state index contributed by atoms with van der Waals surface area (Å²) in [5.74, 6) is 0.500. The highest BCUT2D eigenvalue weighted by Crippen LogP contribution is 2.19. The third kappa shape index (κ3) is 3.20. The van der Waals surface area contributed by atoms with Gasteiger partial charge in [0.05, 0.1) is 17.5 Å². The Morgan fingerprint density at radius 1 is 1.42 bits per heavy atom. The maximum Gasteiger partial charge on any atom is 0.253 e. The first-order chi connectivity index (χ1) is 9.22. The number of aliphatic hydroxyl groups is 1. The third-order valence-corrected chi connectivity index (χ3v) is 2.72. The Morgan fingerprint density at radius 2 is 2.26 bits per heavy atom. The molecule has 0 fully saturated rings. The van der Waals surface area contributed by atoms with Gasteiger partial charge in [-0.25, -0.2) is 4.98 Å². The average Bonchev–Trinajstić information content (AvgIpc) is 2.92. The van der Waals surface area contributed by atoms with Crippen molar-refractivity contribution in [2.45, 2.75) is 13.3 Å². The first-order valence-corrected chi connectivity index (χ1v) is 6.13. The van der Waals surface area contributed by atoms with Crippen LogP contribution in [0.3, 0.4) is 0 Å². The summed E-state index contributed by atoms with van der Waals surface area (Å²) < 4.78 is 5.26. The van der Waals surface area contributed by atoms with Crippen LogP contribution in [0.1, 0.15) is 22.5 Å². The normalized spacial score (nSPS) is 10.4. The van der Waals surface area contributed by atoms with Crippen LogP contribution in [0, 0.1) is 6.92 Å². The van der Waals surface area contributed by atoms with E-state index in [1.54, 1.807) is 31.4 Å². The van der Waals surface area contributed by atoms with E-state index >= 15 is 0 Å². The molecule has 2 heterocycles. The zero-order valence-electron chi connectivity index (χ0n) is 10.7. The van der Waals surface area contributed by atoms with E-state index in [2.05, 4.69) is 10.3 Å². The summed E-state index contributed by atoms with van der Waals surface area (Å²) in [6.45, 7) is 2.30. The first-order valence-electron chi connectivity index (χ1n) is 6.13. The average molecular weight is 260 g/mol.